The predicted octanol–water partition coefficient (Wildman–Crippen LogP) is 6.38. The molecular formula is C41H47F6N5O6S. The minimum Gasteiger partial charge on any atom is -0.506 e. The molecule has 0 atom stereocenters. The number of ketones is 2. The molecule has 5 N–H and O–H groups in total. The number of hydrogen-bond acceptors (Lipinski definition) is 9. The van der Waals surface area contributed by atoms with Crippen molar-refractivity contribution < 1.29 is 50.6 Å². The first kappa shape index (κ1) is 46.6. The number of phenolic OH excluding ortho intramolecular Hbond substituents is 1. The van der Waals surface area contributed by atoms with Gasteiger partial charge in [0, 0.05) is 44.2 Å². The van der Waals surface area contributed by atoms with Crippen LogP contribution in [0.2, 0.25) is 0 Å². The van der Waals surface area contributed by atoms with Crippen LogP contribution in [0.3, 0.4) is 0 Å². The van der Waals surface area contributed by atoms with E-state index < -0.39 is 23.9 Å². The van der Waals surface area contributed by atoms with Gasteiger partial charge in [0.2, 0.25) is 5.91 Å². The number of fused-ring (bicyclic) bond motifs is 1. The number of thiazole rings is 1. The molecule has 11 nitrogen and oxygen atoms in total. The van der Waals surface area contributed by atoms with Crippen LogP contribution in [-0.2, 0) is 33.8 Å². The molecular weight excluding hydrogens is 805 g/mol. The third kappa shape index (κ3) is 14.9. The minimum absolute atomic E-state index is 0.0830. The number of nitrogens with one attached hydrogen (secondary N) is 4. The summed E-state index contributed by atoms with van der Waals surface area (Å²) in [5, 5.41) is 20.0. The number of aromatic nitrogens is 1. The lowest BCUT2D eigenvalue weighted by molar-refractivity contribution is -0.193. The number of H-pyrrole nitrogens is 1. The van der Waals surface area contributed by atoms with E-state index in [4.69, 9.17) is 0 Å². The fourth-order valence-electron chi connectivity index (χ4n) is 6.56. The maximum Gasteiger partial charge on any atom is 0.458 e. The molecule has 4 aromatic rings. The third-order valence-electron chi connectivity index (χ3n) is 9.66. The molecule has 320 valence electrons. The van der Waals surface area contributed by atoms with Gasteiger partial charge in [-0.15, -0.1) is 0 Å². The second-order valence-corrected chi connectivity index (χ2v) is 14.9. The number of hydrogen-bond donors (Lipinski definition) is 5. The molecule has 1 aromatic heterocycles. The average Bonchev–Trinajstić information content (AvgIpc) is 3.41. The average molecular weight is 852 g/mol. The maximum absolute atomic E-state index is 13.5. The van der Waals surface area contributed by atoms with E-state index in [1.54, 1.807) is 6.07 Å². The van der Waals surface area contributed by atoms with Gasteiger partial charge in [-0.2, -0.15) is 26.3 Å². The van der Waals surface area contributed by atoms with Crippen molar-refractivity contribution in [1.82, 2.24) is 25.8 Å². The Hall–Kier alpha value is -5.07. The first-order chi connectivity index (χ1) is 28.0. The van der Waals surface area contributed by atoms with Gasteiger partial charge >= 0.3 is 28.8 Å². The second-order valence-electron chi connectivity index (χ2n) is 14.0. The van der Waals surface area contributed by atoms with E-state index in [1.807, 2.05) is 60.7 Å². The second kappa shape index (κ2) is 22.3. The van der Waals surface area contributed by atoms with Gasteiger partial charge in [0.15, 0.2) is 0 Å². The standard InChI is InChI=1S/C37H47N5O4S.C4F6O2/c43-32-17-16-29(35-34(32)41-37(46)47-35)19-22-39-24-25-42(31-10-6-1-2-7-11-31)33(44)20-23-38-21-18-27-12-14-30(15-13-27)36(45)40-26-28-8-4-3-5-9-28;5-3(6,7)1(11)2(12)4(8,9)10/h3-5,8-9,12-17,31,38-39,43H,1-2,6-7,10-11,18-26H2,(H,40,45)(H,41,46);. The van der Waals surface area contributed by atoms with E-state index >= 15 is 0 Å². The zero-order chi connectivity index (χ0) is 43.0. The van der Waals surface area contributed by atoms with Crippen LogP contribution in [0, 0.1) is 0 Å². The number of rotatable bonds is 17. The lowest BCUT2D eigenvalue weighted by Crippen LogP contribution is -2.45. The van der Waals surface area contributed by atoms with Crippen molar-refractivity contribution in [2.24, 2.45) is 0 Å². The molecule has 0 radical (unpaired) electrons. The highest BCUT2D eigenvalue weighted by Crippen LogP contribution is 2.28. The first-order valence-corrected chi connectivity index (χ1v) is 20.0. The Labute approximate surface area is 340 Å². The van der Waals surface area contributed by atoms with Crippen molar-refractivity contribution in [2.45, 2.75) is 82.7 Å². The number of aromatic hydroxyl groups is 1. The van der Waals surface area contributed by atoms with Crippen LogP contribution >= 0.6 is 11.3 Å². The minimum atomic E-state index is -5.77. The Morgan fingerprint density at radius 1 is 0.746 bits per heavy atom. The zero-order valence-corrected chi connectivity index (χ0v) is 33.0. The summed E-state index contributed by atoms with van der Waals surface area (Å²) in [7, 11) is 0. The number of aromatic amines is 1. The highest BCUT2D eigenvalue weighted by Gasteiger charge is 2.54. The fourth-order valence-corrected chi connectivity index (χ4v) is 7.45. The summed E-state index contributed by atoms with van der Waals surface area (Å²) in [6.45, 7) is 4.00. The van der Waals surface area contributed by atoms with Crippen LogP contribution in [-0.4, -0.2) is 89.5 Å². The SMILES string of the molecule is O=C(C(=O)C(F)(F)F)C(F)(F)F.O=C(NCc1ccccc1)c1ccc(CCNCCC(=O)N(CCNCCc2ccc(O)c3[nH]c(=O)sc23)C2CCCCCC2)cc1. The van der Waals surface area contributed by atoms with E-state index in [1.165, 1.54) is 25.7 Å². The molecule has 1 saturated carbocycles. The lowest BCUT2D eigenvalue weighted by atomic mass is 10.1. The van der Waals surface area contributed by atoms with E-state index in [2.05, 4.69) is 25.8 Å². The summed E-state index contributed by atoms with van der Waals surface area (Å²) in [5.74, 6) is -6.60. The molecule has 0 saturated heterocycles. The number of carbonyl (C=O) groups excluding carboxylic acids is 4. The molecule has 0 unspecified atom stereocenters. The number of alkyl halides is 6. The molecule has 1 heterocycles. The molecule has 18 heteroatoms. The molecule has 0 bridgehead atoms. The summed E-state index contributed by atoms with van der Waals surface area (Å²) in [4.78, 5) is 61.7. The Morgan fingerprint density at radius 3 is 1.98 bits per heavy atom. The fraction of sp³-hybridized carbons (Fsp3) is 0.439. The summed E-state index contributed by atoms with van der Waals surface area (Å²) >= 11 is 1.13. The molecule has 1 aliphatic rings. The van der Waals surface area contributed by atoms with Gasteiger partial charge in [-0.1, -0.05) is 85.6 Å². The van der Waals surface area contributed by atoms with E-state index in [9.17, 15) is 55.4 Å². The van der Waals surface area contributed by atoms with Gasteiger partial charge in [0.25, 0.3) is 5.91 Å². The molecule has 0 spiro atoms. The number of phenols is 1. The topological polar surface area (TPSA) is 161 Å². The number of benzene rings is 3. The first-order valence-electron chi connectivity index (χ1n) is 19.2. The molecule has 3 aromatic carbocycles. The van der Waals surface area contributed by atoms with Crippen molar-refractivity contribution in [3.8, 4) is 5.75 Å². The van der Waals surface area contributed by atoms with Gasteiger partial charge in [-0.3, -0.25) is 24.0 Å². The molecule has 2 amide bonds. The van der Waals surface area contributed by atoms with Crippen LogP contribution in [0.25, 0.3) is 10.2 Å². The summed E-state index contributed by atoms with van der Waals surface area (Å²) in [6.07, 6.45) is -2.57. The predicted molar refractivity (Wildman–Crippen MR) is 211 cm³/mol. The van der Waals surface area contributed by atoms with Gasteiger partial charge in [0.05, 0.1) is 4.70 Å². The third-order valence-corrected chi connectivity index (χ3v) is 10.6. The maximum atomic E-state index is 13.5. The summed E-state index contributed by atoms with van der Waals surface area (Å²) < 4.78 is 67.8. The van der Waals surface area contributed by atoms with Crippen molar-refractivity contribution in [3.05, 3.63) is 98.7 Å². The Bertz CT molecular complexity index is 2020. The molecule has 1 aliphatic carbocycles. The Kier molecular flexibility index (Phi) is 17.7. The van der Waals surface area contributed by atoms with Crippen LogP contribution in [0.4, 0.5) is 26.3 Å². The molecule has 0 aliphatic heterocycles. The van der Waals surface area contributed by atoms with Crippen molar-refractivity contribution in [3.63, 3.8) is 0 Å². The van der Waals surface area contributed by atoms with Crippen LogP contribution in [0.1, 0.15) is 72.0 Å². The quantitative estimate of drug-likeness (QED) is 0.0354. The van der Waals surface area contributed by atoms with Gasteiger partial charge < -0.3 is 30.9 Å². The van der Waals surface area contributed by atoms with Gasteiger partial charge in [0.1, 0.15) is 11.3 Å². The highest BCUT2D eigenvalue weighted by atomic mass is 32.1. The highest BCUT2D eigenvalue weighted by molar-refractivity contribution is 7.16. The van der Waals surface area contributed by atoms with E-state index in [0.717, 1.165) is 71.5 Å². The van der Waals surface area contributed by atoms with Gasteiger partial charge in [-0.05, 0) is 73.7 Å². The smallest absolute Gasteiger partial charge is 0.458 e. The molecule has 59 heavy (non-hydrogen) atoms. The number of halogens is 6. The van der Waals surface area contributed by atoms with Crippen molar-refractivity contribution in [2.75, 3.05) is 32.7 Å². The zero-order valence-electron chi connectivity index (χ0n) is 32.1. The van der Waals surface area contributed by atoms with Crippen LogP contribution < -0.4 is 20.8 Å². The number of Topliss-reactive ketones (excluding diaryl/α,β-unsaturated/α-hetero) is 2. The van der Waals surface area contributed by atoms with Crippen LogP contribution in [0.5, 0.6) is 5.75 Å². The summed E-state index contributed by atoms with van der Waals surface area (Å²) in [6, 6.07) is 21.4. The molecule has 5 rings (SSSR count). The lowest BCUT2D eigenvalue weighted by Gasteiger charge is -2.32. The normalized spacial score (nSPS) is 13.6. The van der Waals surface area contributed by atoms with Crippen LogP contribution in [0.15, 0.2) is 71.5 Å². The summed E-state index contributed by atoms with van der Waals surface area (Å²) in [5.41, 5.74) is 4.39. The monoisotopic (exact) mass is 851 g/mol. The number of nitrogens with zero attached hydrogens (tertiary/aromatic N) is 1. The Morgan fingerprint density at radius 2 is 1.36 bits per heavy atom. The van der Waals surface area contributed by atoms with Gasteiger partial charge in [-0.25, -0.2) is 0 Å². The van der Waals surface area contributed by atoms with Crippen molar-refractivity contribution in [1.29, 1.82) is 0 Å². The largest absolute Gasteiger partial charge is 0.506 e. The van der Waals surface area contributed by atoms with E-state index in [0.29, 0.717) is 49.7 Å². The number of amides is 2. The molecule has 1 fully saturated rings. The Balaban J connectivity index is 0.000000556. The van der Waals surface area contributed by atoms with E-state index in [-0.39, 0.29) is 22.4 Å². The van der Waals surface area contributed by atoms with Crippen molar-refractivity contribution >= 4 is 44.9 Å². The number of carbonyl (C=O) groups is 4.